The second kappa shape index (κ2) is 5.83. The lowest BCUT2D eigenvalue weighted by Gasteiger charge is -2.16. The van der Waals surface area contributed by atoms with E-state index in [-0.39, 0.29) is 6.04 Å². The highest BCUT2D eigenvalue weighted by atomic mass is 79.9. The van der Waals surface area contributed by atoms with Crippen molar-refractivity contribution in [2.75, 3.05) is 0 Å². The first-order valence-electron chi connectivity index (χ1n) is 5.99. The molecule has 0 radical (unpaired) electrons. The number of thiazole rings is 1. The second-order valence-electron chi connectivity index (χ2n) is 4.41. The highest BCUT2D eigenvalue weighted by molar-refractivity contribution is 9.10. The number of hydrogen-bond acceptors (Lipinski definition) is 4. The predicted octanol–water partition coefficient (Wildman–Crippen LogP) is 3.56. The molecule has 3 rings (SSSR count). The molecule has 3 N–H and O–H groups in total. The van der Waals surface area contributed by atoms with Crippen molar-refractivity contribution in [3.63, 3.8) is 0 Å². The zero-order chi connectivity index (χ0) is 14.1. The lowest BCUT2D eigenvalue weighted by molar-refractivity contribution is 0.547. The highest BCUT2D eigenvalue weighted by Crippen LogP contribution is 2.28. The van der Waals surface area contributed by atoms with Crippen molar-refractivity contribution in [2.45, 2.75) is 12.5 Å². The van der Waals surface area contributed by atoms with E-state index in [2.05, 4.69) is 26.3 Å². The average molecular weight is 372 g/mol. The van der Waals surface area contributed by atoms with E-state index in [0.29, 0.717) is 11.4 Å². The van der Waals surface area contributed by atoms with Crippen LogP contribution in [0.15, 0.2) is 40.4 Å². The number of rotatable bonds is 4. The van der Waals surface area contributed by atoms with E-state index in [1.54, 1.807) is 11.3 Å². The van der Waals surface area contributed by atoms with Crippen molar-refractivity contribution in [3.8, 4) is 0 Å². The fourth-order valence-electron chi connectivity index (χ4n) is 2.13. The summed E-state index contributed by atoms with van der Waals surface area (Å²) >= 11 is 11.3. The Morgan fingerprint density at radius 1 is 1.50 bits per heavy atom. The van der Waals surface area contributed by atoms with Crippen LogP contribution in [0, 0.1) is 0 Å². The van der Waals surface area contributed by atoms with Gasteiger partial charge in [0.25, 0.3) is 0 Å². The zero-order valence-electron chi connectivity index (χ0n) is 10.4. The van der Waals surface area contributed by atoms with Crippen LogP contribution in [0.4, 0.5) is 0 Å². The topological polar surface area (TPSA) is 55.3 Å². The molecule has 0 aliphatic rings. The van der Waals surface area contributed by atoms with Gasteiger partial charge in [-0.3, -0.25) is 15.7 Å². The van der Waals surface area contributed by atoms with Gasteiger partial charge in [-0.1, -0.05) is 33.6 Å². The summed E-state index contributed by atoms with van der Waals surface area (Å²) in [5.74, 6) is 5.68. The molecular formula is C13H12BrClN4S. The third kappa shape index (κ3) is 2.75. The van der Waals surface area contributed by atoms with E-state index >= 15 is 0 Å². The fourth-order valence-corrected chi connectivity index (χ4v) is 3.65. The summed E-state index contributed by atoms with van der Waals surface area (Å²) in [5.41, 5.74) is 4.77. The molecule has 2 heterocycles. The summed E-state index contributed by atoms with van der Waals surface area (Å²) < 4.78 is 2.96. The van der Waals surface area contributed by atoms with Crippen molar-refractivity contribution in [1.29, 1.82) is 0 Å². The van der Waals surface area contributed by atoms with Crippen LogP contribution in [0.5, 0.6) is 0 Å². The molecule has 0 aliphatic heterocycles. The molecule has 1 unspecified atom stereocenters. The summed E-state index contributed by atoms with van der Waals surface area (Å²) in [6.45, 7) is 0. The largest absolute Gasteiger partial charge is 0.297 e. The monoisotopic (exact) mass is 370 g/mol. The van der Waals surface area contributed by atoms with Crippen molar-refractivity contribution in [1.82, 2.24) is 14.8 Å². The van der Waals surface area contributed by atoms with Gasteiger partial charge in [-0.2, -0.15) is 0 Å². The first kappa shape index (κ1) is 14.0. The van der Waals surface area contributed by atoms with Crippen molar-refractivity contribution in [3.05, 3.63) is 56.7 Å². The Morgan fingerprint density at radius 3 is 3.05 bits per heavy atom. The van der Waals surface area contributed by atoms with Gasteiger partial charge in [0.15, 0.2) is 4.96 Å². The van der Waals surface area contributed by atoms with E-state index in [9.17, 15) is 0 Å². The maximum absolute atomic E-state index is 6.28. The van der Waals surface area contributed by atoms with Crippen LogP contribution in [0.2, 0.25) is 5.02 Å². The molecule has 104 valence electrons. The van der Waals surface area contributed by atoms with Crippen LogP contribution in [0.3, 0.4) is 0 Å². The molecule has 0 saturated carbocycles. The predicted molar refractivity (Wildman–Crippen MR) is 86.0 cm³/mol. The summed E-state index contributed by atoms with van der Waals surface area (Å²) in [7, 11) is 0. The molecule has 1 aromatic carbocycles. The Bertz CT molecular complexity index is 710. The molecule has 0 spiro atoms. The Morgan fingerprint density at radius 2 is 2.35 bits per heavy atom. The maximum atomic E-state index is 6.28. The van der Waals surface area contributed by atoms with Crippen LogP contribution in [0.25, 0.3) is 4.96 Å². The second-order valence-corrected chi connectivity index (χ2v) is 6.61. The van der Waals surface area contributed by atoms with Gasteiger partial charge < -0.3 is 0 Å². The van der Waals surface area contributed by atoms with Gasteiger partial charge in [0.05, 0.1) is 11.7 Å². The molecule has 0 amide bonds. The first-order valence-corrected chi connectivity index (χ1v) is 8.04. The minimum Gasteiger partial charge on any atom is -0.297 e. The SMILES string of the molecule is NNC(Cc1cn2ccsc2n1)c1ccc(Br)cc1Cl. The van der Waals surface area contributed by atoms with E-state index in [4.69, 9.17) is 17.4 Å². The van der Waals surface area contributed by atoms with Gasteiger partial charge in [0, 0.05) is 33.7 Å². The lowest BCUT2D eigenvalue weighted by Crippen LogP contribution is -2.29. The molecule has 3 aromatic rings. The minimum atomic E-state index is -0.0693. The Kier molecular flexibility index (Phi) is 4.09. The molecular weight excluding hydrogens is 360 g/mol. The van der Waals surface area contributed by atoms with Crippen LogP contribution >= 0.6 is 38.9 Å². The molecule has 0 saturated heterocycles. The van der Waals surface area contributed by atoms with Gasteiger partial charge in [0.2, 0.25) is 0 Å². The van der Waals surface area contributed by atoms with Crippen LogP contribution in [0.1, 0.15) is 17.3 Å². The number of hydrogen-bond donors (Lipinski definition) is 2. The smallest absolute Gasteiger partial charge is 0.193 e. The number of imidazole rings is 1. The van der Waals surface area contributed by atoms with Gasteiger partial charge in [0.1, 0.15) is 0 Å². The van der Waals surface area contributed by atoms with E-state index < -0.39 is 0 Å². The van der Waals surface area contributed by atoms with Crippen molar-refractivity contribution < 1.29 is 0 Å². The van der Waals surface area contributed by atoms with Gasteiger partial charge >= 0.3 is 0 Å². The molecule has 1 atom stereocenters. The number of halogens is 2. The number of nitrogens with zero attached hydrogens (tertiary/aromatic N) is 2. The summed E-state index contributed by atoms with van der Waals surface area (Å²) in [4.78, 5) is 5.55. The first-order chi connectivity index (χ1) is 9.67. The van der Waals surface area contributed by atoms with Crippen molar-refractivity contribution >= 4 is 43.8 Å². The summed E-state index contributed by atoms with van der Waals surface area (Å²) in [6, 6.07) is 5.72. The van der Waals surface area contributed by atoms with Gasteiger partial charge in [-0.15, -0.1) is 11.3 Å². The maximum Gasteiger partial charge on any atom is 0.193 e. The fraction of sp³-hybridized carbons (Fsp3) is 0.154. The Hall–Kier alpha value is -0.920. The van der Waals surface area contributed by atoms with Crippen molar-refractivity contribution in [2.24, 2.45) is 5.84 Å². The summed E-state index contributed by atoms with van der Waals surface area (Å²) in [5, 5.41) is 2.69. The van der Waals surface area contributed by atoms with E-state index in [1.807, 2.05) is 40.4 Å². The zero-order valence-corrected chi connectivity index (χ0v) is 13.5. The number of fused-ring (bicyclic) bond motifs is 1. The number of nitrogens with one attached hydrogen (secondary N) is 1. The minimum absolute atomic E-state index is 0.0693. The molecule has 7 heteroatoms. The standard InChI is InChI=1S/C13H12BrClN4S/c14-8-1-2-10(11(15)5-8)12(18-16)6-9-7-19-3-4-20-13(19)17-9/h1-5,7,12,18H,6,16H2. The van der Waals surface area contributed by atoms with Gasteiger partial charge in [-0.05, 0) is 17.7 Å². The van der Waals surface area contributed by atoms with Crippen LogP contribution < -0.4 is 11.3 Å². The molecule has 0 fully saturated rings. The van der Waals surface area contributed by atoms with E-state index in [1.165, 1.54) is 0 Å². The summed E-state index contributed by atoms with van der Waals surface area (Å²) in [6.07, 6.45) is 4.70. The lowest BCUT2D eigenvalue weighted by atomic mass is 10.0. The quantitative estimate of drug-likeness (QED) is 0.544. The Labute approximate surface area is 133 Å². The molecule has 2 aromatic heterocycles. The molecule has 4 nitrogen and oxygen atoms in total. The highest BCUT2D eigenvalue weighted by Gasteiger charge is 2.16. The van der Waals surface area contributed by atoms with Gasteiger partial charge in [-0.25, -0.2) is 4.98 Å². The third-order valence-electron chi connectivity index (χ3n) is 3.10. The van der Waals surface area contributed by atoms with Crippen LogP contribution in [-0.2, 0) is 6.42 Å². The number of nitrogens with two attached hydrogens (primary N) is 1. The number of aromatic nitrogens is 2. The third-order valence-corrected chi connectivity index (χ3v) is 4.69. The number of hydrazine groups is 1. The van der Waals surface area contributed by atoms with Crippen LogP contribution in [-0.4, -0.2) is 9.38 Å². The average Bonchev–Trinajstić information content (AvgIpc) is 2.97. The molecule has 20 heavy (non-hydrogen) atoms. The molecule has 0 aliphatic carbocycles. The molecule has 0 bridgehead atoms. The normalized spacial score (nSPS) is 12.9. The Balaban J connectivity index is 1.88. The van der Waals surface area contributed by atoms with E-state index in [0.717, 1.165) is 20.7 Å². The number of benzene rings is 1.